The number of rotatable bonds is 15. The van der Waals surface area contributed by atoms with E-state index < -0.39 is 0 Å². The van der Waals surface area contributed by atoms with Gasteiger partial charge < -0.3 is 9.84 Å². The van der Waals surface area contributed by atoms with Crippen LogP contribution in [0.1, 0.15) is 164 Å². The lowest BCUT2D eigenvalue weighted by Crippen LogP contribution is -2.57. The molecule has 4 rings (SSSR count). The van der Waals surface area contributed by atoms with Crippen LogP contribution in [0.3, 0.4) is 0 Å². The van der Waals surface area contributed by atoms with Crippen molar-refractivity contribution in [3.63, 3.8) is 0 Å². The van der Waals surface area contributed by atoms with Crippen molar-refractivity contribution < 1.29 is 9.84 Å². The minimum Gasteiger partial charge on any atom is -0.393 e. The Morgan fingerprint density at radius 1 is 0.725 bits per heavy atom. The topological polar surface area (TPSA) is 29.5 Å². The minimum absolute atomic E-state index is 0.0320. The highest BCUT2D eigenvalue weighted by molar-refractivity contribution is 5.15. The highest BCUT2D eigenvalue weighted by Gasteiger charge is 2.66. The smallest absolute Gasteiger partial charge is 0.0543 e. The molecular formula is C38H70O2. The number of unbranched alkanes of at least 4 members (excludes halogenated alkanes) is 3. The Balaban J connectivity index is 1.48. The Bertz CT molecular complexity index is 763. The van der Waals surface area contributed by atoms with E-state index in [-0.39, 0.29) is 6.10 Å². The molecule has 0 heterocycles. The predicted molar refractivity (Wildman–Crippen MR) is 171 cm³/mol. The van der Waals surface area contributed by atoms with Crippen molar-refractivity contribution in [1.82, 2.24) is 0 Å². The second kappa shape index (κ2) is 14.1. The molecule has 0 aromatic rings. The van der Waals surface area contributed by atoms with Crippen LogP contribution in [0.2, 0.25) is 0 Å². The fraction of sp³-hybridized carbons (Fsp3) is 1.00. The van der Waals surface area contributed by atoms with Gasteiger partial charge in [0.2, 0.25) is 0 Å². The van der Waals surface area contributed by atoms with Crippen LogP contribution in [0, 0.1) is 57.7 Å². The van der Waals surface area contributed by atoms with Crippen LogP contribution in [0.25, 0.3) is 0 Å². The van der Waals surface area contributed by atoms with Crippen LogP contribution >= 0.6 is 0 Å². The van der Waals surface area contributed by atoms with Crippen molar-refractivity contribution >= 4 is 0 Å². The molecule has 10 atom stereocenters. The summed E-state index contributed by atoms with van der Waals surface area (Å²) in [5.41, 5.74) is 1.46. The molecule has 0 spiro atoms. The third-order valence-corrected chi connectivity index (χ3v) is 14.2. The zero-order valence-electron chi connectivity index (χ0n) is 28.1. The highest BCUT2D eigenvalue weighted by Crippen LogP contribution is 2.74. The first kappa shape index (κ1) is 32.8. The molecule has 40 heavy (non-hydrogen) atoms. The third-order valence-electron chi connectivity index (χ3n) is 14.2. The number of hydrogen-bond donors (Lipinski definition) is 1. The Labute approximate surface area is 250 Å². The van der Waals surface area contributed by atoms with E-state index >= 15 is 0 Å². The van der Waals surface area contributed by atoms with Crippen LogP contribution in [-0.2, 0) is 4.74 Å². The van der Waals surface area contributed by atoms with Crippen molar-refractivity contribution in [1.29, 1.82) is 0 Å². The second-order valence-electron chi connectivity index (χ2n) is 16.6. The quantitative estimate of drug-likeness (QED) is 0.203. The zero-order chi connectivity index (χ0) is 29.0. The average molecular weight is 559 g/mol. The lowest BCUT2D eigenvalue weighted by atomic mass is 9.41. The number of fused-ring (bicyclic) bond motifs is 5. The summed E-state index contributed by atoms with van der Waals surface area (Å²) in [5, 5.41) is 10.5. The van der Waals surface area contributed by atoms with E-state index in [1.165, 1.54) is 103 Å². The summed E-state index contributed by atoms with van der Waals surface area (Å²) in [7, 11) is 0. The maximum Gasteiger partial charge on any atom is 0.0543 e. The summed E-state index contributed by atoms with van der Waals surface area (Å²) in [6.07, 6.45) is 24.1. The molecule has 0 bridgehead atoms. The number of hydrogen-bond acceptors (Lipinski definition) is 2. The molecule has 2 nitrogen and oxygen atoms in total. The van der Waals surface area contributed by atoms with Crippen LogP contribution in [-0.4, -0.2) is 24.4 Å². The van der Waals surface area contributed by atoms with E-state index in [4.69, 9.17) is 4.74 Å². The fourth-order valence-electron chi connectivity index (χ4n) is 12.0. The normalized spacial score (nSPS) is 40.9. The first-order valence-electron chi connectivity index (χ1n) is 18.4. The summed E-state index contributed by atoms with van der Waals surface area (Å²) in [4.78, 5) is 0. The van der Waals surface area contributed by atoms with Gasteiger partial charge >= 0.3 is 0 Å². The van der Waals surface area contributed by atoms with Gasteiger partial charge in [-0.3, -0.25) is 0 Å². The van der Waals surface area contributed by atoms with Crippen LogP contribution in [0.5, 0.6) is 0 Å². The molecule has 0 aromatic heterocycles. The van der Waals surface area contributed by atoms with Gasteiger partial charge in [0.05, 0.1) is 6.10 Å². The van der Waals surface area contributed by atoms with Crippen molar-refractivity contribution in [3.8, 4) is 0 Å². The lowest BCUT2D eigenvalue weighted by Gasteiger charge is -2.64. The van der Waals surface area contributed by atoms with Gasteiger partial charge in [0, 0.05) is 13.2 Å². The van der Waals surface area contributed by atoms with E-state index in [1.807, 2.05) is 0 Å². The third kappa shape index (κ3) is 6.39. The lowest BCUT2D eigenvalue weighted by molar-refractivity contribution is -0.156. The molecule has 4 saturated carbocycles. The summed E-state index contributed by atoms with van der Waals surface area (Å²) < 4.78 is 6.13. The molecule has 234 valence electrons. The molecule has 0 aromatic carbocycles. The summed E-state index contributed by atoms with van der Waals surface area (Å²) in [6.45, 7) is 19.8. The van der Waals surface area contributed by atoms with Crippen molar-refractivity contribution in [2.45, 2.75) is 170 Å². The molecule has 4 fully saturated rings. The number of aliphatic hydroxyl groups is 1. The maximum absolute atomic E-state index is 10.5. The molecule has 0 saturated heterocycles. The fourth-order valence-corrected chi connectivity index (χ4v) is 12.0. The standard InChI is InChI=1S/C38H70O2/c1-8-9-10-11-25-40-26-13-16-30(5)38(29(4)15-12-14-28(2)3)24-21-35-33-18-17-31-27-32(39)19-22-36(31,6)34(33)20-23-37(35,38)7/h28-35,39H,8-27H2,1-7H3/t29-,30-,31?,32-,33-,34+,35+,36+,37+,38+/m1/s1. The molecule has 0 aliphatic heterocycles. The van der Waals surface area contributed by atoms with Gasteiger partial charge in [0.25, 0.3) is 0 Å². The monoisotopic (exact) mass is 559 g/mol. The Hall–Kier alpha value is -0.0800. The van der Waals surface area contributed by atoms with Crippen molar-refractivity contribution in [3.05, 3.63) is 0 Å². The summed E-state index contributed by atoms with van der Waals surface area (Å²) in [6, 6.07) is 0. The van der Waals surface area contributed by atoms with Crippen molar-refractivity contribution in [2.75, 3.05) is 13.2 Å². The van der Waals surface area contributed by atoms with Gasteiger partial charge in [0.1, 0.15) is 0 Å². The minimum atomic E-state index is -0.0320. The Morgan fingerprint density at radius 3 is 2.15 bits per heavy atom. The van der Waals surface area contributed by atoms with E-state index in [9.17, 15) is 5.11 Å². The Morgan fingerprint density at radius 2 is 1.43 bits per heavy atom. The highest BCUT2D eigenvalue weighted by atomic mass is 16.5. The van der Waals surface area contributed by atoms with Gasteiger partial charge in [-0.05, 0) is 135 Å². The van der Waals surface area contributed by atoms with Crippen LogP contribution in [0.4, 0.5) is 0 Å². The average Bonchev–Trinajstić information content (AvgIpc) is 3.24. The molecule has 2 heteroatoms. The first-order valence-corrected chi connectivity index (χ1v) is 18.4. The largest absolute Gasteiger partial charge is 0.393 e. The molecule has 0 radical (unpaired) electrons. The number of aliphatic hydroxyl groups excluding tert-OH is 1. The molecule has 1 unspecified atom stereocenters. The first-order chi connectivity index (χ1) is 19.1. The van der Waals surface area contributed by atoms with E-state index in [2.05, 4.69) is 48.5 Å². The van der Waals surface area contributed by atoms with Gasteiger partial charge in [-0.1, -0.05) is 87.0 Å². The summed E-state index contributed by atoms with van der Waals surface area (Å²) >= 11 is 0. The molecule has 0 amide bonds. The zero-order valence-corrected chi connectivity index (χ0v) is 28.1. The maximum atomic E-state index is 10.5. The van der Waals surface area contributed by atoms with Crippen LogP contribution < -0.4 is 0 Å². The van der Waals surface area contributed by atoms with Crippen molar-refractivity contribution in [2.24, 2.45) is 57.7 Å². The van der Waals surface area contributed by atoms with Crippen LogP contribution in [0.15, 0.2) is 0 Å². The SMILES string of the molecule is CCCCCCOCCC[C@@H](C)[C@@]1([C@H](C)CCCC(C)C)CC[C@H]2[C@@H]3CCC4C[C@H](O)CC[C@]4(C)[C@H]3CC[C@@]21C. The molecule has 1 N–H and O–H groups in total. The van der Waals surface area contributed by atoms with E-state index in [0.29, 0.717) is 16.2 Å². The van der Waals surface area contributed by atoms with E-state index in [1.54, 1.807) is 0 Å². The predicted octanol–water partition coefficient (Wildman–Crippen LogP) is 10.9. The van der Waals surface area contributed by atoms with Gasteiger partial charge in [-0.15, -0.1) is 0 Å². The second-order valence-corrected chi connectivity index (χ2v) is 16.6. The van der Waals surface area contributed by atoms with E-state index in [0.717, 1.165) is 67.5 Å². The van der Waals surface area contributed by atoms with Gasteiger partial charge in [-0.2, -0.15) is 0 Å². The molecule has 4 aliphatic carbocycles. The molecular weight excluding hydrogens is 488 g/mol. The van der Waals surface area contributed by atoms with Gasteiger partial charge in [-0.25, -0.2) is 0 Å². The van der Waals surface area contributed by atoms with Gasteiger partial charge in [0.15, 0.2) is 0 Å². The summed E-state index contributed by atoms with van der Waals surface area (Å²) in [5.74, 6) is 5.94. The molecule has 4 aliphatic rings. The Kier molecular flexibility index (Phi) is 11.6. The number of ether oxygens (including phenoxy) is 1.